The molecule has 22 heavy (non-hydrogen) atoms. The van der Waals surface area contributed by atoms with Crippen molar-refractivity contribution in [2.45, 2.75) is 96.4 Å². The summed E-state index contributed by atoms with van der Waals surface area (Å²) in [4.78, 5) is 0. The summed E-state index contributed by atoms with van der Waals surface area (Å²) in [6.07, 6.45) is 9.37. The minimum absolute atomic E-state index is 0.0375. The molecule has 0 aromatic heterocycles. The lowest BCUT2D eigenvalue weighted by Gasteiger charge is -2.69. The molecule has 0 aromatic carbocycles. The zero-order chi connectivity index (χ0) is 16.4. The molecule has 0 amide bonds. The maximum Gasteiger partial charge on any atom is 0.0990 e. The lowest BCUT2D eigenvalue weighted by atomic mass is 9.42. The van der Waals surface area contributed by atoms with Crippen molar-refractivity contribution in [3.05, 3.63) is 12.7 Å². The van der Waals surface area contributed by atoms with Crippen LogP contribution in [0.25, 0.3) is 0 Å². The lowest BCUT2D eigenvalue weighted by Crippen LogP contribution is -2.73. The van der Waals surface area contributed by atoms with Crippen molar-refractivity contribution in [2.75, 3.05) is 0 Å². The fraction of sp³-hybridized carbons (Fsp3) is 0.900. The van der Waals surface area contributed by atoms with Crippen LogP contribution in [0.1, 0.15) is 79.6 Å². The minimum Gasteiger partial charge on any atom is -0.386 e. The van der Waals surface area contributed by atoms with Crippen molar-refractivity contribution in [1.29, 1.82) is 0 Å². The number of ether oxygens (including phenoxy) is 1. The molecule has 2 nitrogen and oxygen atoms in total. The van der Waals surface area contributed by atoms with Crippen LogP contribution in [0.3, 0.4) is 0 Å². The Balaban J connectivity index is 2.04. The molecule has 126 valence electrons. The van der Waals surface area contributed by atoms with Crippen LogP contribution in [0.15, 0.2) is 12.7 Å². The molecule has 0 radical (unpaired) electrons. The van der Waals surface area contributed by atoms with Crippen LogP contribution in [0, 0.1) is 16.7 Å². The third-order valence-electron chi connectivity index (χ3n) is 7.83. The zero-order valence-corrected chi connectivity index (χ0v) is 15.2. The molecular weight excluding hydrogens is 272 g/mol. The van der Waals surface area contributed by atoms with E-state index in [4.69, 9.17) is 4.74 Å². The lowest BCUT2D eigenvalue weighted by molar-refractivity contribution is -0.331. The highest BCUT2D eigenvalue weighted by Crippen LogP contribution is 2.67. The van der Waals surface area contributed by atoms with Gasteiger partial charge in [-0.1, -0.05) is 33.3 Å². The second-order valence-electron chi connectivity index (χ2n) is 9.56. The van der Waals surface area contributed by atoms with E-state index in [1.54, 1.807) is 0 Å². The van der Waals surface area contributed by atoms with E-state index in [2.05, 4.69) is 41.2 Å². The fourth-order valence-corrected chi connectivity index (χ4v) is 6.38. The quantitative estimate of drug-likeness (QED) is 0.701. The number of hydrogen-bond acceptors (Lipinski definition) is 2. The molecular formula is C20H34O2. The van der Waals surface area contributed by atoms with Crippen LogP contribution in [0.2, 0.25) is 0 Å². The average molecular weight is 306 g/mol. The molecule has 1 N–H and O–H groups in total. The number of hydrogen-bond donors (Lipinski definition) is 1. The van der Waals surface area contributed by atoms with Crippen LogP contribution in [-0.2, 0) is 4.74 Å². The van der Waals surface area contributed by atoms with E-state index in [1.807, 2.05) is 6.08 Å². The zero-order valence-electron chi connectivity index (χ0n) is 15.2. The molecule has 2 saturated carbocycles. The first-order valence-electron chi connectivity index (χ1n) is 9.08. The van der Waals surface area contributed by atoms with E-state index >= 15 is 0 Å². The van der Waals surface area contributed by atoms with E-state index in [-0.39, 0.29) is 11.0 Å². The van der Waals surface area contributed by atoms with Crippen molar-refractivity contribution in [3.63, 3.8) is 0 Å². The van der Waals surface area contributed by atoms with Gasteiger partial charge in [0, 0.05) is 5.41 Å². The summed E-state index contributed by atoms with van der Waals surface area (Å²) in [7, 11) is 0. The van der Waals surface area contributed by atoms with Gasteiger partial charge in [-0.2, -0.15) is 0 Å². The fourth-order valence-electron chi connectivity index (χ4n) is 6.38. The van der Waals surface area contributed by atoms with Crippen molar-refractivity contribution in [1.82, 2.24) is 0 Å². The highest BCUT2D eigenvalue weighted by Gasteiger charge is 2.69. The van der Waals surface area contributed by atoms with Crippen molar-refractivity contribution >= 4 is 0 Å². The Hall–Kier alpha value is -0.340. The Bertz CT molecular complexity index is 484. The predicted molar refractivity (Wildman–Crippen MR) is 90.7 cm³/mol. The summed E-state index contributed by atoms with van der Waals surface area (Å²) in [5.41, 5.74) is -1.18. The largest absolute Gasteiger partial charge is 0.386 e. The summed E-state index contributed by atoms with van der Waals surface area (Å²) in [5.74, 6) is 0.587. The van der Waals surface area contributed by atoms with E-state index in [1.165, 1.54) is 12.8 Å². The molecule has 1 aliphatic heterocycles. The van der Waals surface area contributed by atoms with Crippen molar-refractivity contribution in [3.8, 4) is 0 Å². The normalized spacial score (nSPS) is 54.2. The smallest absolute Gasteiger partial charge is 0.0990 e. The van der Waals surface area contributed by atoms with E-state index in [0.717, 1.165) is 32.1 Å². The molecule has 2 aliphatic carbocycles. The molecule has 0 unspecified atom stereocenters. The summed E-state index contributed by atoms with van der Waals surface area (Å²) in [5, 5.41) is 11.9. The number of rotatable bonds is 1. The first-order valence-corrected chi connectivity index (χ1v) is 9.08. The molecule has 1 saturated heterocycles. The van der Waals surface area contributed by atoms with Gasteiger partial charge in [-0.3, -0.25) is 0 Å². The Morgan fingerprint density at radius 3 is 2.32 bits per heavy atom. The molecule has 0 spiro atoms. The van der Waals surface area contributed by atoms with Crippen LogP contribution < -0.4 is 0 Å². The Kier molecular flexibility index (Phi) is 3.45. The van der Waals surface area contributed by atoms with Crippen LogP contribution in [0.5, 0.6) is 0 Å². The monoisotopic (exact) mass is 306 g/mol. The summed E-state index contributed by atoms with van der Waals surface area (Å²) in [6.45, 7) is 15.4. The van der Waals surface area contributed by atoms with Crippen LogP contribution in [-0.4, -0.2) is 21.9 Å². The van der Waals surface area contributed by atoms with Gasteiger partial charge in [0.25, 0.3) is 0 Å². The highest BCUT2D eigenvalue weighted by atomic mass is 16.5. The number of aliphatic hydroxyl groups is 1. The third-order valence-corrected chi connectivity index (χ3v) is 7.83. The van der Waals surface area contributed by atoms with Gasteiger partial charge >= 0.3 is 0 Å². The van der Waals surface area contributed by atoms with Gasteiger partial charge in [0.2, 0.25) is 0 Å². The molecule has 5 atom stereocenters. The van der Waals surface area contributed by atoms with Gasteiger partial charge in [-0.15, -0.1) is 6.58 Å². The molecule has 0 bridgehead atoms. The molecule has 1 heterocycles. The second-order valence-corrected chi connectivity index (χ2v) is 9.56. The van der Waals surface area contributed by atoms with Gasteiger partial charge < -0.3 is 9.84 Å². The maximum absolute atomic E-state index is 11.9. The first-order chi connectivity index (χ1) is 10.0. The first kappa shape index (κ1) is 16.5. The van der Waals surface area contributed by atoms with Gasteiger partial charge in [0.15, 0.2) is 0 Å². The van der Waals surface area contributed by atoms with Gasteiger partial charge in [0.1, 0.15) is 0 Å². The van der Waals surface area contributed by atoms with Gasteiger partial charge in [0.05, 0.1) is 16.8 Å². The minimum atomic E-state index is -0.719. The molecule has 2 heteroatoms. The van der Waals surface area contributed by atoms with Gasteiger partial charge in [-0.25, -0.2) is 0 Å². The van der Waals surface area contributed by atoms with E-state index in [0.29, 0.717) is 11.3 Å². The van der Waals surface area contributed by atoms with Crippen molar-refractivity contribution in [2.24, 2.45) is 16.7 Å². The Labute approximate surface area is 136 Å². The third kappa shape index (κ3) is 1.92. The SMILES string of the molecule is C=C[C@@]1(C)CC[C@@]2(O)[C@@](C)(CC[C@H]3C(C)(C)CCC[C@@]32C)O1. The standard InChI is InChI=1S/C20H34O2/c1-7-17(4)13-14-20(21)18(5)11-8-10-16(2,3)15(18)9-12-19(20,6)22-17/h7,15,21H,1,8-14H2,2-6H3/t15-,17-,18-,19+,20-/m0/s1. The second kappa shape index (κ2) is 4.60. The maximum atomic E-state index is 11.9. The molecule has 3 rings (SSSR count). The van der Waals surface area contributed by atoms with Crippen LogP contribution in [0.4, 0.5) is 0 Å². The highest BCUT2D eigenvalue weighted by molar-refractivity contribution is 5.20. The van der Waals surface area contributed by atoms with E-state index in [9.17, 15) is 5.11 Å². The average Bonchev–Trinajstić information content (AvgIpc) is 2.41. The van der Waals surface area contributed by atoms with E-state index < -0.39 is 11.2 Å². The molecule has 3 fully saturated rings. The summed E-state index contributed by atoms with van der Waals surface area (Å²) >= 11 is 0. The Morgan fingerprint density at radius 2 is 1.68 bits per heavy atom. The van der Waals surface area contributed by atoms with Crippen molar-refractivity contribution < 1.29 is 9.84 Å². The molecule has 3 aliphatic rings. The van der Waals surface area contributed by atoms with Gasteiger partial charge in [-0.05, 0) is 63.7 Å². The Morgan fingerprint density at radius 1 is 1.00 bits per heavy atom. The molecule has 0 aromatic rings. The topological polar surface area (TPSA) is 29.5 Å². The number of fused-ring (bicyclic) bond motifs is 3. The summed E-state index contributed by atoms with van der Waals surface area (Å²) in [6, 6.07) is 0. The van der Waals surface area contributed by atoms with Crippen LogP contribution >= 0.6 is 0 Å². The summed E-state index contributed by atoms with van der Waals surface area (Å²) < 4.78 is 6.53. The predicted octanol–water partition coefficient (Wildman–Crippen LogP) is 4.86.